The Kier molecular flexibility index (Phi) is 6.18. The number of hydrogen-bond donors (Lipinski definition) is 0. The highest BCUT2D eigenvalue weighted by Gasteiger charge is 2.35. The molecule has 176 valence electrons. The molecule has 3 aromatic rings. The van der Waals surface area contributed by atoms with E-state index in [-0.39, 0.29) is 17.6 Å². The topological polar surface area (TPSA) is 49.9 Å². The zero-order valence-electron chi connectivity index (χ0n) is 18.8. The Labute approximate surface area is 196 Å². The Hall–Kier alpha value is -3.48. The fourth-order valence-corrected chi connectivity index (χ4v) is 5.19. The maximum atomic E-state index is 13.6. The minimum atomic E-state index is -2.96. The van der Waals surface area contributed by atoms with Crippen molar-refractivity contribution in [3.63, 3.8) is 0 Å². The van der Waals surface area contributed by atoms with Crippen molar-refractivity contribution >= 4 is 28.3 Å². The predicted octanol–water partition coefficient (Wildman–Crippen LogP) is 5.27. The molecule has 34 heavy (non-hydrogen) atoms. The second kappa shape index (κ2) is 9.41. The molecule has 5 rings (SSSR count). The first-order chi connectivity index (χ1) is 16.5. The standard InChI is InChI=1S/C27H26F2N2O3/c28-27(29)34-23-14-4-9-19-10-6-16-31(24(19)23)25(32)20-11-5-15-30(17-20)26(33)22-13-3-8-18-7-1-2-12-21(18)22/h1-4,7-9,12-14,20,27H,5-6,10-11,15-17H2. The van der Waals surface area contributed by atoms with Gasteiger partial charge in [-0.15, -0.1) is 0 Å². The van der Waals surface area contributed by atoms with Crippen LogP contribution < -0.4 is 9.64 Å². The van der Waals surface area contributed by atoms with E-state index in [1.807, 2.05) is 48.5 Å². The summed E-state index contributed by atoms with van der Waals surface area (Å²) in [5.41, 5.74) is 1.90. The number of nitrogens with zero attached hydrogens (tertiary/aromatic N) is 2. The Morgan fingerprint density at radius 2 is 1.74 bits per heavy atom. The number of piperidine rings is 1. The van der Waals surface area contributed by atoms with Gasteiger partial charge in [0.05, 0.1) is 11.6 Å². The largest absolute Gasteiger partial charge is 0.433 e. The van der Waals surface area contributed by atoms with Gasteiger partial charge in [-0.1, -0.05) is 48.5 Å². The van der Waals surface area contributed by atoms with E-state index in [1.54, 1.807) is 15.9 Å². The second-order valence-electron chi connectivity index (χ2n) is 8.85. The number of para-hydroxylation sites is 1. The summed E-state index contributed by atoms with van der Waals surface area (Å²) < 4.78 is 30.8. The summed E-state index contributed by atoms with van der Waals surface area (Å²) in [7, 11) is 0. The van der Waals surface area contributed by atoms with E-state index in [4.69, 9.17) is 4.74 Å². The number of hydrogen-bond acceptors (Lipinski definition) is 3. The summed E-state index contributed by atoms with van der Waals surface area (Å²) in [6, 6.07) is 18.4. The fourth-order valence-electron chi connectivity index (χ4n) is 5.19. The molecule has 0 spiro atoms. The molecule has 1 saturated heterocycles. The number of benzene rings is 3. The lowest BCUT2D eigenvalue weighted by Gasteiger charge is -2.37. The lowest BCUT2D eigenvalue weighted by molar-refractivity contribution is -0.123. The maximum absolute atomic E-state index is 13.6. The minimum Gasteiger partial charge on any atom is -0.433 e. The second-order valence-corrected chi connectivity index (χ2v) is 8.85. The van der Waals surface area contributed by atoms with E-state index in [2.05, 4.69) is 0 Å². The first kappa shape index (κ1) is 22.3. The van der Waals surface area contributed by atoms with Crippen LogP contribution in [0.1, 0.15) is 35.2 Å². The summed E-state index contributed by atoms with van der Waals surface area (Å²) >= 11 is 0. The number of anilines is 1. The third-order valence-corrected chi connectivity index (χ3v) is 6.74. The number of carbonyl (C=O) groups excluding carboxylic acids is 2. The van der Waals surface area contributed by atoms with E-state index >= 15 is 0 Å². The van der Waals surface area contributed by atoms with Crippen molar-refractivity contribution in [3.8, 4) is 5.75 Å². The van der Waals surface area contributed by atoms with Gasteiger partial charge in [-0.25, -0.2) is 0 Å². The molecule has 1 unspecified atom stereocenters. The number of amides is 2. The van der Waals surface area contributed by atoms with Gasteiger partial charge in [0, 0.05) is 25.2 Å². The van der Waals surface area contributed by atoms with Gasteiger partial charge in [-0.2, -0.15) is 8.78 Å². The number of alkyl halides is 2. The van der Waals surface area contributed by atoms with Crippen molar-refractivity contribution in [1.82, 2.24) is 4.90 Å². The number of halogens is 2. The summed E-state index contributed by atoms with van der Waals surface area (Å²) in [4.78, 5) is 30.4. The van der Waals surface area contributed by atoms with Crippen LogP contribution in [0.4, 0.5) is 14.5 Å². The van der Waals surface area contributed by atoms with Crippen molar-refractivity contribution in [2.45, 2.75) is 32.3 Å². The van der Waals surface area contributed by atoms with E-state index in [9.17, 15) is 18.4 Å². The third kappa shape index (κ3) is 4.22. The van der Waals surface area contributed by atoms with Crippen LogP contribution >= 0.6 is 0 Å². The highest BCUT2D eigenvalue weighted by Crippen LogP contribution is 2.38. The lowest BCUT2D eigenvalue weighted by atomic mass is 9.93. The number of aryl methyl sites for hydroxylation is 1. The van der Waals surface area contributed by atoms with Crippen molar-refractivity contribution in [1.29, 1.82) is 0 Å². The monoisotopic (exact) mass is 464 g/mol. The summed E-state index contributed by atoms with van der Waals surface area (Å²) in [6.07, 6.45) is 2.82. The van der Waals surface area contributed by atoms with E-state index in [0.29, 0.717) is 50.1 Å². The highest BCUT2D eigenvalue weighted by molar-refractivity contribution is 6.07. The molecule has 2 aliphatic heterocycles. The average molecular weight is 465 g/mol. The third-order valence-electron chi connectivity index (χ3n) is 6.74. The summed E-state index contributed by atoms with van der Waals surface area (Å²) in [5.74, 6) is -0.588. The van der Waals surface area contributed by atoms with Gasteiger partial charge < -0.3 is 14.5 Å². The number of fused-ring (bicyclic) bond motifs is 2. The van der Waals surface area contributed by atoms with Crippen LogP contribution in [0.15, 0.2) is 60.7 Å². The van der Waals surface area contributed by atoms with Crippen molar-refractivity contribution in [2.75, 3.05) is 24.5 Å². The molecule has 2 amide bonds. The van der Waals surface area contributed by atoms with Crippen LogP contribution in [0, 0.1) is 5.92 Å². The number of rotatable bonds is 4. The zero-order chi connectivity index (χ0) is 23.7. The van der Waals surface area contributed by atoms with Crippen LogP contribution in [0.2, 0.25) is 0 Å². The van der Waals surface area contributed by atoms with Gasteiger partial charge in [0.2, 0.25) is 5.91 Å². The van der Waals surface area contributed by atoms with Gasteiger partial charge in [0.25, 0.3) is 5.91 Å². The molecule has 0 bridgehead atoms. The normalized spacial score (nSPS) is 18.1. The molecule has 2 heterocycles. The van der Waals surface area contributed by atoms with Crippen LogP contribution in [0.25, 0.3) is 10.8 Å². The Balaban J connectivity index is 1.39. The van der Waals surface area contributed by atoms with Gasteiger partial charge in [0.1, 0.15) is 5.75 Å². The Bertz CT molecular complexity index is 1220. The molecule has 1 atom stereocenters. The number of carbonyl (C=O) groups is 2. The summed E-state index contributed by atoms with van der Waals surface area (Å²) in [6.45, 7) is -1.62. The number of ether oxygens (including phenoxy) is 1. The highest BCUT2D eigenvalue weighted by atomic mass is 19.3. The average Bonchev–Trinajstić information content (AvgIpc) is 2.87. The van der Waals surface area contributed by atoms with Crippen LogP contribution in [0.5, 0.6) is 5.75 Å². The molecule has 7 heteroatoms. The van der Waals surface area contributed by atoms with Crippen LogP contribution in [0.3, 0.4) is 0 Å². The van der Waals surface area contributed by atoms with E-state index in [1.165, 1.54) is 6.07 Å². The van der Waals surface area contributed by atoms with Crippen molar-refractivity contribution in [2.24, 2.45) is 5.92 Å². The zero-order valence-corrected chi connectivity index (χ0v) is 18.8. The van der Waals surface area contributed by atoms with Crippen LogP contribution in [-0.4, -0.2) is 43.0 Å². The molecule has 5 nitrogen and oxygen atoms in total. The molecule has 1 fully saturated rings. The molecular formula is C27H26F2N2O3. The van der Waals surface area contributed by atoms with E-state index in [0.717, 1.165) is 22.8 Å². The molecule has 0 saturated carbocycles. The predicted molar refractivity (Wildman–Crippen MR) is 126 cm³/mol. The van der Waals surface area contributed by atoms with Gasteiger partial charge in [0.15, 0.2) is 0 Å². The van der Waals surface area contributed by atoms with Gasteiger partial charge in [-0.3, -0.25) is 9.59 Å². The molecular weight excluding hydrogens is 438 g/mol. The Morgan fingerprint density at radius 1 is 0.941 bits per heavy atom. The van der Waals surface area contributed by atoms with Crippen molar-refractivity contribution < 1.29 is 23.1 Å². The SMILES string of the molecule is O=C(c1cccc2ccccc12)N1CCCC(C(=O)N2CCCc3cccc(OC(F)F)c32)C1. The number of likely N-dealkylation sites (tertiary alicyclic amines) is 1. The first-order valence-corrected chi connectivity index (χ1v) is 11.7. The van der Waals surface area contributed by atoms with Crippen molar-refractivity contribution in [3.05, 3.63) is 71.8 Å². The van der Waals surface area contributed by atoms with Gasteiger partial charge in [-0.05, 0) is 54.2 Å². The summed E-state index contributed by atoms with van der Waals surface area (Å²) in [5, 5.41) is 1.89. The quantitative estimate of drug-likeness (QED) is 0.528. The molecule has 0 radical (unpaired) electrons. The Morgan fingerprint density at radius 3 is 2.59 bits per heavy atom. The smallest absolute Gasteiger partial charge is 0.387 e. The molecule has 3 aromatic carbocycles. The lowest BCUT2D eigenvalue weighted by Crippen LogP contribution is -2.48. The first-order valence-electron chi connectivity index (χ1n) is 11.7. The van der Waals surface area contributed by atoms with Crippen LogP contribution in [-0.2, 0) is 11.2 Å². The fraction of sp³-hybridized carbons (Fsp3) is 0.333. The minimum absolute atomic E-state index is 0.0278. The molecule has 0 N–H and O–H groups in total. The van der Waals surface area contributed by atoms with Gasteiger partial charge >= 0.3 is 6.61 Å². The molecule has 0 aromatic heterocycles. The molecule has 2 aliphatic rings. The molecule has 0 aliphatic carbocycles. The maximum Gasteiger partial charge on any atom is 0.387 e. The van der Waals surface area contributed by atoms with E-state index < -0.39 is 12.5 Å².